The van der Waals surface area contributed by atoms with Crippen molar-refractivity contribution in [2.45, 2.75) is 11.4 Å². The van der Waals surface area contributed by atoms with Crippen LogP contribution < -0.4 is 0 Å². The van der Waals surface area contributed by atoms with E-state index in [-0.39, 0.29) is 0 Å². The summed E-state index contributed by atoms with van der Waals surface area (Å²) in [6.07, 6.45) is 0. The first-order valence-electron chi connectivity index (χ1n) is 1.28. The molecular weight excluding hydrogens is 267 g/mol. The van der Waals surface area contributed by atoms with Gasteiger partial charge in [0.15, 0.2) is 0 Å². The Morgan fingerprint density at radius 3 is 1.83 bits per heavy atom. The van der Waals surface area contributed by atoms with E-state index in [1.807, 2.05) is 0 Å². The Morgan fingerprint density at radius 2 is 1.83 bits per heavy atom. The maximum atomic E-state index is 9.58. The van der Waals surface area contributed by atoms with Crippen LogP contribution in [0.5, 0.6) is 0 Å². The van der Waals surface area contributed by atoms with Gasteiger partial charge in [0.25, 0.3) is 0 Å². The molecule has 1 atom stereocenters. The maximum absolute atomic E-state index is 9.58. The molecule has 0 rings (SSSR count). The molecule has 0 aromatic rings. The van der Waals surface area contributed by atoms with Crippen LogP contribution in [0.4, 0.5) is 0 Å². The minimum atomic E-state index is -3.33. The molecule has 0 aromatic carbocycles. The van der Waals surface area contributed by atoms with Crippen LogP contribution in [0.15, 0.2) is 0 Å². The zero-order valence-electron chi connectivity index (χ0n) is 3.16. The normalized spacial score (nSPS) is 16.7. The summed E-state index contributed by atoms with van der Waals surface area (Å²) in [5.74, 6) is 0. The molecule has 0 aliphatic heterocycles. The number of hydrogen-bond donors (Lipinski definition) is 1. The average molecular weight is 272 g/mol. The zero-order chi connectivity index (χ0) is 5.15. The van der Waals surface area contributed by atoms with Crippen LogP contribution in [0.3, 0.4) is 0 Å². The number of aliphatic hydroxyl groups is 1. The van der Waals surface area contributed by atoms with Crippen LogP contribution in [-0.2, 0) is 24.0 Å². The topological polar surface area (TPSA) is 54.4 Å². The molecule has 41 valence electrons. The second-order valence-corrected chi connectivity index (χ2v) is 4.07. The van der Waals surface area contributed by atoms with Crippen molar-refractivity contribution in [1.29, 1.82) is 0 Å². The van der Waals surface area contributed by atoms with Crippen molar-refractivity contribution in [3.8, 4) is 0 Å². The molecule has 1 unspecified atom stereocenters. The summed E-state index contributed by atoms with van der Waals surface area (Å²) in [6, 6.07) is 0. The molecule has 0 fully saturated rings. The summed E-state index contributed by atoms with van der Waals surface area (Å²) in [4.78, 5) is 0. The van der Waals surface area contributed by atoms with E-state index in [2.05, 4.69) is 0 Å². The van der Waals surface area contributed by atoms with Gasteiger partial charge in [0.1, 0.15) is 0 Å². The summed E-state index contributed by atoms with van der Waals surface area (Å²) in [7, 11) is 0. The van der Waals surface area contributed by atoms with Gasteiger partial charge in [-0.15, -0.1) is 0 Å². The molecule has 0 heterocycles. The molecule has 0 saturated heterocycles. The number of aliphatic hydroxyl groups excluding tert-OH is 1. The summed E-state index contributed by atoms with van der Waals surface area (Å²) in [5, 5.41) is 8.07. The molecular formula is C2H5O3Pt. The van der Waals surface area contributed by atoms with Gasteiger partial charge in [-0.05, 0) is 0 Å². The monoisotopic (exact) mass is 272 g/mol. The fraction of sp³-hybridized carbons (Fsp3) is 1.00. The molecule has 0 bridgehead atoms. The van der Waals surface area contributed by atoms with Crippen LogP contribution in [0, 0.1) is 0 Å². The van der Waals surface area contributed by atoms with E-state index < -0.39 is 21.7 Å². The van der Waals surface area contributed by atoms with E-state index in [4.69, 9.17) is 5.11 Å². The Kier molecular flexibility index (Phi) is 2.53. The van der Waals surface area contributed by atoms with Gasteiger partial charge in [-0.3, -0.25) is 0 Å². The standard InChI is InChI=1S/C2H5O.2O.Pt/c1-2-3;;;/h2-3H,1H3;;;. The zero-order valence-corrected chi connectivity index (χ0v) is 5.43. The molecule has 0 aliphatic rings. The number of rotatable bonds is 1. The third kappa shape index (κ3) is 2.48. The predicted octanol–water partition coefficient (Wildman–Crippen LogP) is -0.366. The third-order valence-electron chi connectivity index (χ3n) is 0.216. The first kappa shape index (κ1) is 6.25. The van der Waals surface area contributed by atoms with Crippen molar-refractivity contribution in [3.05, 3.63) is 0 Å². The van der Waals surface area contributed by atoms with Gasteiger partial charge in [-0.1, -0.05) is 0 Å². The molecule has 0 radical (unpaired) electrons. The summed E-state index contributed by atoms with van der Waals surface area (Å²) in [5.41, 5.74) is 0. The van der Waals surface area contributed by atoms with Crippen LogP contribution >= 0.6 is 0 Å². The van der Waals surface area contributed by atoms with E-state index in [0.717, 1.165) is 0 Å². The van der Waals surface area contributed by atoms with Gasteiger partial charge < -0.3 is 0 Å². The van der Waals surface area contributed by atoms with E-state index >= 15 is 0 Å². The van der Waals surface area contributed by atoms with Crippen LogP contribution in [0.25, 0.3) is 0 Å². The third-order valence-corrected chi connectivity index (χ3v) is 1.77. The second kappa shape index (κ2) is 2.43. The molecule has 0 aliphatic carbocycles. The fourth-order valence-electron chi connectivity index (χ4n) is 0. The quantitative estimate of drug-likeness (QED) is 0.709. The van der Waals surface area contributed by atoms with E-state index in [0.29, 0.717) is 0 Å². The minimum absolute atomic E-state index is 1.10. The van der Waals surface area contributed by atoms with Gasteiger partial charge in [0.05, 0.1) is 0 Å². The fourth-order valence-corrected chi connectivity index (χ4v) is 0. The molecule has 3 nitrogen and oxygen atoms in total. The Labute approximate surface area is 41.1 Å². The molecule has 4 heteroatoms. The van der Waals surface area contributed by atoms with Crippen molar-refractivity contribution < 1.29 is 29.1 Å². The Morgan fingerprint density at radius 1 is 1.67 bits per heavy atom. The average Bonchev–Trinajstić information content (AvgIpc) is 1.36. The van der Waals surface area contributed by atoms with E-state index in [1.165, 1.54) is 6.92 Å². The van der Waals surface area contributed by atoms with Crippen LogP contribution in [0.2, 0.25) is 0 Å². The Hall–Kier alpha value is 0.248. The summed E-state index contributed by atoms with van der Waals surface area (Å²) >= 11 is -3.33. The Bertz CT molecular complexity index is 85.0. The van der Waals surface area contributed by atoms with Crippen LogP contribution in [0.1, 0.15) is 6.92 Å². The van der Waals surface area contributed by atoms with E-state index in [1.54, 1.807) is 0 Å². The molecule has 0 amide bonds. The van der Waals surface area contributed by atoms with Crippen molar-refractivity contribution >= 4 is 0 Å². The SMILES string of the molecule is C[CH](O)[Pt](=[O])=[O]. The van der Waals surface area contributed by atoms with Gasteiger partial charge in [0, 0.05) is 0 Å². The number of hydrogen-bond acceptors (Lipinski definition) is 3. The molecule has 0 aromatic heterocycles. The van der Waals surface area contributed by atoms with Gasteiger partial charge in [-0.25, -0.2) is 0 Å². The van der Waals surface area contributed by atoms with E-state index in [9.17, 15) is 6.80 Å². The van der Waals surface area contributed by atoms with Crippen molar-refractivity contribution in [2.24, 2.45) is 0 Å². The van der Waals surface area contributed by atoms with Gasteiger partial charge in [0.2, 0.25) is 0 Å². The van der Waals surface area contributed by atoms with Crippen molar-refractivity contribution in [3.63, 3.8) is 0 Å². The van der Waals surface area contributed by atoms with Crippen molar-refractivity contribution in [2.75, 3.05) is 0 Å². The molecule has 0 saturated carbocycles. The molecule has 0 spiro atoms. The van der Waals surface area contributed by atoms with Gasteiger partial charge in [-0.2, -0.15) is 0 Å². The molecule has 6 heavy (non-hydrogen) atoms. The van der Waals surface area contributed by atoms with Crippen LogP contribution in [-0.4, -0.2) is 9.60 Å². The summed E-state index contributed by atoms with van der Waals surface area (Å²) in [6.45, 7) is 1.24. The Balaban J connectivity index is 3.57. The van der Waals surface area contributed by atoms with Crippen molar-refractivity contribution in [1.82, 2.24) is 0 Å². The first-order valence-corrected chi connectivity index (χ1v) is 4.44. The molecule has 1 N–H and O–H groups in total. The second-order valence-electron chi connectivity index (χ2n) is 0.724. The van der Waals surface area contributed by atoms with Gasteiger partial charge >= 0.3 is 40.6 Å². The summed E-state index contributed by atoms with van der Waals surface area (Å²) < 4.78 is 18.1. The first-order chi connectivity index (χ1) is 2.64. The predicted molar refractivity (Wildman–Crippen MR) is 13.1 cm³/mol.